The lowest BCUT2D eigenvalue weighted by atomic mass is 10.1. The van der Waals surface area contributed by atoms with Crippen molar-refractivity contribution < 1.29 is 9.59 Å². The van der Waals surface area contributed by atoms with Gasteiger partial charge in [-0.15, -0.1) is 0 Å². The van der Waals surface area contributed by atoms with Crippen LogP contribution < -0.4 is 10.6 Å². The Morgan fingerprint density at radius 3 is 2.67 bits per heavy atom. The summed E-state index contributed by atoms with van der Waals surface area (Å²) in [5, 5.41) is 5.41. The Kier molecular flexibility index (Phi) is 5.32. The number of nitrogens with one attached hydrogen (secondary N) is 2. The third kappa shape index (κ3) is 4.18. The lowest BCUT2D eigenvalue weighted by Crippen LogP contribution is -2.39. The molecule has 0 aliphatic rings. The maximum absolute atomic E-state index is 12.0. The van der Waals surface area contributed by atoms with E-state index in [1.807, 2.05) is 25.9 Å². The fourth-order valence-corrected chi connectivity index (χ4v) is 1.77. The molecule has 1 aromatic carbocycles. The number of likely N-dealkylation sites (N-methyl/N-ethyl adjacent to an activating group) is 1. The smallest absolute Gasteiger partial charge is 0.253 e. The van der Waals surface area contributed by atoms with Gasteiger partial charge in [-0.3, -0.25) is 9.59 Å². The van der Waals surface area contributed by atoms with Crippen molar-refractivity contribution in [2.75, 3.05) is 26.0 Å². The molecule has 0 saturated carbocycles. The monoisotopic (exact) mass is 249 g/mol. The summed E-state index contributed by atoms with van der Waals surface area (Å²) in [4.78, 5) is 24.5. The van der Waals surface area contributed by atoms with Crippen molar-refractivity contribution in [1.82, 2.24) is 10.2 Å². The van der Waals surface area contributed by atoms with Gasteiger partial charge in [0, 0.05) is 12.6 Å². The van der Waals surface area contributed by atoms with Crippen LogP contribution in [0.5, 0.6) is 0 Å². The summed E-state index contributed by atoms with van der Waals surface area (Å²) in [5.74, 6) is -0.186. The van der Waals surface area contributed by atoms with E-state index in [9.17, 15) is 9.59 Å². The Hall–Kier alpha value is -1.88. The molecule has 0 aliphatic carbocycles. The average Bonchev–Trinajstić information content (AvgIpc) is 2.28. The van der Waals surface area contributed by atoms with Crippen LogP contribution in [0.1, 0.15) is 17.3 Å². The first kappa shape index (κ1) is 14.2. The molecule has 0 aliphatic heterocycles. The van der Waals surface area contributed by atoms with E-state index in [0.717, 1.165) is 6.54 Å². The van der Waals surface area contributed by atoms with Gasteiger partial charge in [0.15, 0.2) is 0 Å². The molecule has 1 aromatic rings. The van der Waals surface area contributed by atoms with Crippen LogP contribution >= 0.6 is 0 Å². The third-order valence-electron chi connectivity index (χ3n) is 2.40. The van der Waals surface area contributed by atoms with E-state index >= 15 is 0 Å². The minimum Gasteiger partial charge on any atom is -0.348 e. The van der Waals surface area contributed by atoms with Crippen LogP contribution in [0.2, 0.25) is 0 Å². The summed E-state index contributed by atoms with van der Waals surface area (Å²) >= 11 is 0. The third-order valence-corrected chi connectivity index (χ3v) is 2.40. The van der Waals surface area contributed by atoms with Crippen LogP contribution in [-0.4, -0.2) is 43.9 Å². The summed E-state index contributed by atoms with van der Waals surface area (Å²) in [6.07, 6.45) is 0.565. The maximum Gasteiger partial charge on any atom is 0.253 e. The van der Waals surface area contributed by atoms with E-state index in [4.69, 9.17) is 0 Å². The molecule has 0 aromatic heterocycles. The molecule has 0 radical (unpaired) electrons. The fourth-order valence-electron chi connectivity index (χ4n) is 1.77. The zero-order chi connectivity index (χ0) is 13.5. The molecular formula is C13H19N3O2. The molecule has 5 nitrogen and oxygen atoms in total. The number of nitrogens with zero attached hydrogens (tertiary/aromatic N) is 1. The lowest BCUT2D eigenvalue weighted by molar-refractivity contribution is -0.105. The predicted molar refractivity (Wildman–Crippen MR) is 71.6 cm³/mol. The molecule has 18 heavy (non-hydrogen) atoms. The average molecular weight is 249 g/mol. The van der Waals surface area contributed by atoms with Crippen molar-refractivity contribution in [1.29, 1.82) is 0 Å². The maximum atomic E-state index is 12.0. The highest BCUT2D eigenvalue weighted by Gasteiger charge is 2.13. The Labute approximate surface area is 107 Å². The van der Waals surface area contributed by atoms with Gasteiger partial charge in [-0.25, -0.2) is 0 Å². The number of benzene rings is 1. The van der Waals surface area contributed by atoms with Gasteiger partial charge in [0.1, 0.15) is 0 Å². The molecule has 2 N–H and O–H groups in total. The first-order chi connectivity index (χ1) is 8.54. The van der Waals surface area contributed by atoms with Crippen LogP contribution in [0.15, 0.2) is 24.3 Å². The summed E-state index contributed by atoms with van der Waals surface area (Å²) in [7, 11) is 3.90. The molecule has 2 amide bonds. The first-order valence-corrected chi connectivity index (χ1v) is 5.79. The summed E-state index contributed by atoms with van der Waals surface area (Å²) in [5.41, 5.74) is 0.984. The topological polar surface area (TPSA) is 61.4 Å². The highest BCUT2D eigenvalue weighted by Crippen LogP contribution is 2.14. The molecule has 0 fully saturated rings. The second-order valence-corrected chi connectivity index (χ2v) is 4.44. The second-order valence-electron chi connectivity index (χ2n) is 4.44. The zero-order valence-electron chi connectivity index (χ0n) is 10.9. The number of amides is 2. The van der Waals surface area contributed by atoms with Crippen molar-refractivity contribution in [3.8, 4) is 0 Å². The Morgan fingerprint density at radius 1 is 1.39 bits per heavy atom. The molecule has 0 bridgehead atoms. The van der Waals surface area contributed by atoms with Gasteiger partial charge in [0.25, 0.3) is 5.91 Å². The van der Waals surface area contributed by atoms with Crippen molar-refractivity contribution >= 4 is 18.0 Å². The van der Waals surface area contributed by atoms with Crippen molar-refractivity contribution in [3.05, 3.63) is 29.8 Å². The summed E-state index contributed by atoms with van der Waals surface area (Å²) < 4.78 is 0. The number of carbonyl (C=O) groups is 2. The largest absolute Gasteiger partial charge is 0.348 e. The predicted octanol–water partition coefficient (Wildman–Crippen LogP) is 0.935. The van der Waals surface area contributed by atoms with E-state index in [1.165, 1.54) is 0 Å². The van der Waals surface area contributed by atoms with Gasteiger partial charge in [-0.1, -0.05) is 12.1 Å². The summed E-state index contributed by atoms with van der Waals surface area (Å²) in [6, 6.07) is 6.95. The molecule has 5 heteroatoms. The number of anilines is 1. The highest BCUT2D eigenvalue weighted by atomic mass is 16.2. The quantitative estimate of drug-likeness (QED) is 0.737. The molecule has 1 atom stereocenters. The first-order valence-electron chi connectivity index (χ1n) is 5.79. The Balaban J connectivity index is 2.74. The summed E-state index contributed by atoms with van der Waals surface area (Å²) in [6.45, 7) is 2.70. The van der Waals surface area contributed by atoms with Crippen molar-refractivity contribution in [2.24, 2.45) is 0 Å². The molecule has 1 rings (SSSR count). The van der Waals surface area contributed by atoms with Crippen LogP contribution in [0.3, 0.4) is 0 Å². The number of hydrogen-bond acceptors (Lipinski definition) is 3. The lowest BCUT2D eigenvalue weighted by Gasteiger charge is -2.19. The molecule has 0 spiro atoms. The van der Waals surface area contributed by atoms with E-state index in [-0.39, 0.29) is 11.9 Å². The molecule has 0 saturated heterocycles. The van der Waals surface area contributed by atoms with Crippen LogP contribution in [0.25, 0.3) is 0 Å². The van der Waals surface area contributed by atoms with Crippen molar-refractivity contribution in [3.63, 3.8) is 0 Å². The van der Waals surface area contributed by atoms with Gasteiger partial charge in [-0.05, 0) is 33.2 Å². The molecule has 98 valence electrons. The molecule has 1 unspecified atom stereocenters. The van der Waals surface area contributed by atoms with E-state index in [2.05, 4.69) is 10.6 Å². The van der Waals surface area contributed by atoms with Crippen LogP contribution in [0, 0.1) is 0 Å². The normalized spacial score (nSPS) is 12.0. The minimum absolute atomic E-state index is 0.0387. The number of carbonyl (C=O) groups excluding carboxylic acids is 2. The second kappa shape index (κ2) is 6.76. The van der Waals surface area contributed by atoms with Gasteiger partial charge in [-0.2, -0.15) is 0 Å². The minimum atomic E-state index is -0.186. The van der Waals surface area contributed by atoms with Crippen molar-refractivity contribution in [2.45, 2.75) is 13.0 Å². The molecule has 0 heterocycles. The SMILES string of the molecule is CC(CN(C)C)NC(=O)c1ccccc1NC=O. The van der Waals surface area contributed by atoms with Gasteiger partial charge < -0.3 is 15.5 Å². The highest BCUT2D eigenvalue weighted by molar-refractivity contribution is 6.01. The van der Waals surface area contributed by atoms with E-state index in [0.29, 0.717) is 17.7 Å². The number of hydrogen-bond donors (Lipinski definition) is 2. The van der Waals surface area contributed by atoms with Gasteiger partial charge >= 0.3 is 0 Å². The van der Waals surface area contributed by atoms with E-state index < -0.39 is 0 Å². The molecular weight excluding hydrogens is 230 g/mol. The van der Waals surface area contributed by atoms with Gasteiger partial charge in [0.05, 0.1) is 11.3 Å². The van der Waals surface area contributed by atoms with Crippen LogP contribution in [-0.2, 0) is 4.79 Å². The number of rotatable bonds is 6. The van der Waals surface area contributed by atoms with E-state index in [1.54, 1.807) is 24.3 Å². The fraction of sp³-hybridized carbons (Fsp3) is 0.385. The standard InChI is InChI=1S/C13H19N3O2/c1-10(8-16(2)3)15-13(18)11-6-4-5-7-12(11)14-9-17/h4-7,9-10H,8H2,1-3H3,(H,14,17)(H,15,18). The van der Waals surface area contributed by atoms with Gasteiger partial charge in [0.2, 0.25) is 6.41 Å². The zero-order valence-corrected chi connectivity index (χ0v) is 10.9. The number of para-hydroxylation sites is 1. The van der Waals surface area contributed by atoms with Crippen LogP contribution in [0.4, 0.5) is 5.69 Å². The Bertz CT molecular complexity index is 418. The Morgan fingerprint density at radius 2 is 2.06 bits per heavy atom.